The molecule has 15 heavy (non-hydrogen) atoms. The quantitative estimate of drug-likeness (QED) is 0.431. The van der Waals surface area contributed by atoms with E-state index in [2.05, 4.69) is 10.5 Å². The third kappa shape index (κ3) is 1.65. The zero-order chi connectivity index (χ0) is 10.8. The number of hydrogen-bond donors (Lipinski definition) is 1. The molecule has 0 spiro atoms. The van der Waals surface area contributed by atoms with Crippen molar-refractivity contribution in [2.75, 3.05) is 0 Å². The van der Waals surface area contributed by atoms with Gasteiger partial charge in [0.05, 0.1) is 5.92 Å². The molecule has 0 aliphatic heterocycles. The highest BCUT2D eigenvalue weighted by atomic mass is 16.6. The number of nitrogens with zero attached hydrogens (tertiary/aromatic N) is 2. The second-order valence-electron chi connectivity index (χ2n) is 3.74. The van der Waals surface area contributed by atoms with Crippen LogP contribution < -0.4 is 5.43 Å². The predicted octanol–water partition coefficient (Wildman–Crippen LogP) is 1.46. The molecular formula is C10H13N3O2. The number of allylic oxidation sites excluding steroid dienone is 2. The van der Waals surface area contributed by atoms with E-state index in [4.69, 9.17) is 0 Å². The summed E-state index contributed by atoms with van der Waals surface area (Å²) in [5, 5.41) is 14.7. The van der Waals surface area contributed by atoms with Crippen molar-refractivity contribution in [1.29, 1.82) is 0 Å². The van der Waals surface area contributed by atoms with Crippen LogP contribution in [0.4, 0.5) is 0 Å². The molecular weight excluding hydrogens is 194 g/mol. The summed E-state index contributed by atoms with van der Waals surface area (Å²) in [4.78, 5) is 10.5. The molecule has 2 atom stereocenters. The summed E-state index contributed by atoms with van der Waals surface area (Å²) in [5.74, 6) is -0.00555. The SMILES string of the molecule is CC/C=N/NC1=CC=C2CC1C2[N+](=O)[O-]. The summed E-state index contributed by atoms with van der Waals surface area (Å²) >= 11 is 0. The minimum absolute atomic E-state index is 0.00555. The van der Waals surface area contributed by atoms with E-state index < -0.39 is 6.04 Å². The number of hydrazone groups is 1. The highest BCUT2D eigenvalue weighted by molar-refractivity contribution is 5.56. The summed E-state index contributed by atoms with van der Waals surface area (Å²) < 4.78 is 0. The number of nitrogens with one attached hydrogen (secondary N) is 1. The van der Waals surface area contributed by atoms with Crippen molar-refractivity contribution in [3.05, 3.63) is 33.5 Å². The molecule has 0 aromatic carbocycles. The van der Waals surface area contributed by atoms with Gasteiger partial charge in [-0.1, -0.05) is 13.0 Å². The smallest absolute Gasteiger partial charge is 0.243 e. The fourth-order valence-corrected chi connectivity index (χ4v) is 1.97. The van der Waals surface area contributed by atoms with Crippen molar-refractivity contribution in [3.8, 4) is 0 Å². The number of hydrogen-bond acceptors (Lipinski definition) is 4. The Kier molecular flexibility index (Phi) is 2.53. The van der Waals surface area contributed by atoms with Crippen LogP contribution in [-0.2, 0) is 0 Å². The highest BCUT2D eigenvalue weighted by Crippen LogP contribution is 2.42. The third-order valence-electron chi connectivity index (χ3n) is 2.79. The first-order valence-electron chi connectivity index (χ1n) is 5.05. The molecule has 80 valence electrons. The highest BCUT2D eigenvalue weighted by Gasteiger charge is 2.49. The van der Waals surface area contributed by atoms with Crippen LogP contribution in [0.25, 0.3) is 0 Å². The van der Waals surface area contributed by atoms with Crippen LogP contribution in [0.2, 0.25) is 0 Å². The molecule has 0 aromatic heterocycles. The van der Waals surface area contributed by atoms with Crippen molar-refractivity contribution in [2.24, 2.45) is 11.0 Å². The van der Waals surface area contributed by atoms with E-state index >= 15 is 0 Å². The van der Waals surface area contributed by atoms with E-state index in [0.29, 0.717) is 0 Å². The minimum Gasteiger partial charge on any atom is -0.282 e. The molecule has 3 aliphatic carbocycles. The van der Waals surface area contributed by atoms with Gasteiger partial charge in [-0.15, -0.1) is 0 Å². The van der Waals surface area contributed by atoms with Gasteiger partial charge >= 0.3 is 0 Å². The standard InChI is InChI=1S/C10H13N3O2/c1-2-5-11-12-9-4-3-7-6-8(9)10(7)13(14)15/h3-5,8,10,12H,2,6H2,1H3/b11-5+. The molecule has 1 N–H and O–H groups in total. The topological polar surface area (TPSA) is 67.5 Å². The molecule has 3 aliphatic rings. The average Bonchev–Trinajstić information content (AvgIpc) is 2.17. The molecule has 5 heteroatoms. The first kappa shape index (κ1) is 9.89. The molecule has 5 nitrogen and oxygen atoms in total. The molecule has 0 aromatic rings. The third-order valence-corrected chi connectivity index (χ3v) is 2.79. The lowest BCUT2D eigenvalue weighted by molar-refractivity contribution is -0.530. The molecule has 0 saturated heterocycles. The van der Waals surface area contributed by atoms with Gasteiger partial charge in [-0.2, -0.15) is 5.10 Å². The maximum atomic E-state index is 10.7. The van der Waals surface area contributed by atoms with Crippen molar-refractivity contribution in [1.82, 2.24) is 5.43 Å². The van der Waals surface area contributed by atoms with Gasteiger partial charge in [0.25, 0.3) is 0 Å². The Morgan fingerprint density at radius 1 is 1.73 bits per heavy atom. The molecule has 0 radical (unpaired) electrons. The minimum atomic E-state index is -0.519. The van der Waals surface area contributed by atoms with Gasteiger partial charge in [-0.05, 0) is 18.9 Å². The Labute approximate surface area is 87.7 Å². The Morgan fingerprint density at radius 2 is 2.53 bits per heavy atom. The van der Waals surface area contributed by atoms with E-state index in [0.717, 1.165) is 24.1 Å². The van der Waals surface area contributed by atoms with Gasteiger partial charge in [0.2, 0.25) is 6.04 Å². The van der Waals surface area contributed by atoms with Crippen LogP contribution in [0, 0.1) is 16.0 Å². The van der Waals surface area contributed by atoms with Crippen molar-refractivity contribution < 1.29 is 4.92 Å². The largest absolute Gasteiger partial charge is 0.282 e. The zero-order valence-electron chi connectivity index (χ0n) is 8.51. The van der Waals surface area contributed by atoms with Crippen LogP contribution in [-0.4, -0.2) is 17.2 Å². The predicted molar refractivity (Wildman–Crippen MR) is 57.0 cm³/mol. The van der Waals surface area contributed by atoms with E-state index in [-0.39, 0.29) is 10.8 Å². The van der Waals surface area contributed by atoms with Gasteiger partial charge in [0, 0.05) is 22.4 Å². The fraction of sp³-hybridized carbons (Fsp3) is 0.500. The number of rotatable bonds is 4. The van der Waals surface area contributed by atoms with Crippen molar-refractivity contribution >= 4 is 6.21 Å². The second-order valence-corrected chi connectivity index (χ2v) is 3.74. The molecule has 2 unspecified atom stereocenters. The molecule has 1 saturated carbocycles. The number of nitro groups is 1. The van der Waals surface area contributed by atoms with Gasteiger partial charge in [0.15, 0.2) is 0 Å². The lowest BCUT2D eigenvalue weighted by atomic mass is 9.70. The zero-order valence-corrected chi connectivity index (χ0v) is 8.51. The molecule has 0 amide bonds. The Bertz CT molecular complexity index is 371. The number of fused-ring (bicyclic) bond motifs is 1. The van der Waals surface area contributed by atoms with Gasteiger partial charge in [0.1, 0.15) is 0 Å². The fourth-order valence-electron chi connectivity index (χ4n) is 1.97. The molecule has 2 bridgehead atoms. The van der Waals surface area contributed by atoms with Crippen LogP contribution >= 0.6 is 0 Å². The van der Waals surface area contributed by atoms with Crippen molar-refractivity contribution in [3.63, 3.8) is 0 Å². The summed E-state index contributed by atoms with van der Waals surface area (Å²) in [5.41, 5.74) is 4.66. The summed E-state index contributed by atoms with van der Waals surface area (Å²) in [6.45, 7) is 1.99. The maximum Gasteiger partial charge on any atom is 0.243 e. The molecule has 3 rings (SSSR count). The van der Waals surface area contributed by atoms with E-state index in [1.54, 1.807) is 6.21 Å². The monoisotopic (exact) mass is 207 g/mol. The van der Waals surface area contributed by atoms with Gasteiger partial charge in [-0.25, -0.2) is 0 Å². The summed E-state index contributed by atoms with van der Waals surface area (Å²) in [6, 6.07) is -0.519. The Morgan fingerprint density at radius 3 is 3.13 bits per heavy atom. The Balaban J connectivity index is 2.04. The van der Waals surface area contributed by atoms with Gasteiger partial charge < -0.3 is 0 Å². The summed E-state index contributed by atoms with van der Waals surface area (Å²) in [7, 11) is 0. The Hall–Kier alpha value is -1.65. The lowest BCUT2D eigenvalue weighted by Crippen LogP contribution is -2.45. The van der Waals surface area contributed by atoms with Crippen LogP contribution in [0.5, 0.6) is 0 Å². The maximum absolute atomic E-state index is 10.7. The normalized spacial score (nSPS) is 28.1. The van der Waals surface area contributed by atoms with Crippen LogP contribution in [0.3, 0.4) is 0 Å². The molecule has 0 heterocycles. The molecule has 1 fully saturated rings. The lowest BCUT2D eigenvalue weighted by Gasteiger charge is -2.36. The first-order chi connectivity index (χ1) is 7.24. The average molecular weight is 207 g/mol. The van der Waals surface area contributed by atoms with Crippen LogP contribution in [0.15, 0.2) is 28.5 Å². The summed E-state index contributed by atoms with van der Waals surface area (Å²) in [6.07, 6.45) is 7.12. The van der Waals surface area contributed by atoms with Crippen LogP contribution in [0.1, 0.15) is 19.8 Å². The van der Waals surface area contributed by atoms with E-state index in [9.17, 15) is 10.1 Å². The second kappa shape index (κ2) is 3.84. The van der Waals surface area contributed by atoms with E-state index in [1.165, 1.54) is 0 Å². The first-order valence-corrected chi connectivity index (χ1v) is 5.05. The van der Waals surface area contributed by atoms with Crippen molar-refractivity contribution in [2.45, 2.75) is 25.8 Å². The van der Waals surface area contributed by atoms with Gasteiger partial charge in [-0.3, -0.25) is 15.5 Å². The van der Waals surface area contributed by atoms with E-state index in [1.807, 2.05) is 19.1 Å².